The van der Waals surface area contributed by atoms with Crippen molar-refractivity contribution in [1.29, 1.82) is 0 Å². The van der Waals surface area contributed by atoms with E-state index in [2.05, 4.69) is 9.97 Å². The Labute approximate surface area is 87.1 Å². The molecule has 0 amide bonds. The Morgan fingerprint density at radius 1 is 1.31 bits per heavy atom. The highest BCUT2D eigenvalue weighted by atomic mass is 35.5. The highest BCUT2D eigenvalue weighted by Gasteiger charge is 2.00. The lowest BCUT2D eigenvalue weighted by molar-refractivity contribution is 0.194. The Morgan fingerprint density at radius 2 is 1.92 bits per heavy atom. The zero-order chi connectivity index (χ0) is 9.68. The number of methoxy groups -OCH3 is 1. The number of rotatable bonds is 4. The molecule has 5 heteroatoms. The van der Waals surface area contributed by atoms with Gasteiger partial charge in [0.2, 0.25) is 0 Å². The summed E-state index contributed by atoms with van der Waals surface area (Å²) >= 11 is 11.4. The summed E-state index contributed by atoms with van der Waals surface area (Å²) < 4.78 is 4.90. The summed E-state index contributed by atoms with van der Waals surface area (Å²) in [5.41, 5.74) is 0. The zero-order valence-electron chi connectivity index (χ0n) is 7.26. The minimum absolute atomic E-state index is 0.382. The second-order valence-electron chi connectivity index (χ2n) is 2.53. The Kier molecular flexibility index (Phi) is 4.42. The van der Waals surface area contributed by atoms with Crippen LogP contribution in [0.15, 0.2) is 6.07 Å². The van der Waals surface area contributed by atoms with Crippen molar-refractivity contribution in [2.75, 3.05) is 13.7 Å². The highest BCUT2D eigenvalue weighted by molar-refractivity contribution is 6.33. The highest BCUT2D eigenvalue weighted by Crippen LogP contribution is 2.12. The molecule has 0 bridgehead atoms. The van der Waals surface area contributed by atoms with Gasteiger partial charge in [0.25, 0.3) is 0 Å². The average Bonchev–Trinajstić information content (AvgIpc) is 2.03. The summed E-state index contributed by atoms with van der Waals surface area (Å²) in [7, 11) is 1.66. The molecule has 1 aromatic rings. The van der Waals surface area contributed by atoms with Gasteiger partial charge in [-0.05, 0) is 6.42 Å². The van der Waals surface area contributed by atoms with Crippen LogP contribution in [-0.2, 0) is 11.2 Å². The summed E-state index contributed by atoms with van der Waals surface area (Å²) in [6.45, 7) is 0.688. The van der Waals surface area contributed by atoms with Crippen molar-refractivity contribution in [1.82, 2.24) is 9.97 Å². The Bertz CT molecular complexity index is 261. The molecule has 0 atom stereocenters. The molecule has 0 aliphatic rings. The predicted octanol–water partition coefficient (Wildman–Crippen LogP) is 2.36. The summed E-state index contributed by atoms with van der Waals surface area (Å²) in [6, 6.07) is 1.52. The maximum absolute atomic E-state index is 5.70. The molecule has 1 heterocycles. The minimum Gasteiger partial charge on any atom is -0.385 e. The lowest BCUT2D eigenvalue weighted by atomic mass is 10.3. The van der Waals surface area contributed by atoms with Crippen molar-refractivity contribution in [2.24, 2.45) is 0 Å². The average molecular weight is 221 g/mol. The fourth-order valence-electron chi connectivity index (χ4n) is 0.921. The first-order chi connectivity index (χ1) is 6.22. The van der Waals surface area contributed by atoms with Gasteiger partial charge >= 0.3 is 0 Å². The van der Waals surface area contributed by atoms with Gasteiger partial charge in [0, 0.05) is 26.2 Å². The third kappa shape index (κ3) is 3.89. The van der Waals surface area contributed by atoms with E-state index in [-0.39, 0.29) is 0 Å². The minimum atomic E-state index is 0.382. The molecule has 1 aromatic heterocycles. The van der Waals surface area contributed by atoms with Crippen LogP contribution in [0.2, 0.25) is 10.3 Å². The van der Waals surface area contributed by atoms with E-state index < -0.39 is 0 Å². The van der Waals surface area contributed by atoms with E-state index in [1.54, 1.807) is 7.11 Å². The molecule has 0 saturated carbocycles. The molecule has 3 nitrogen and oxygen atoms in total. The van der Waals surface area contributed by atoms with Crippen LogP contribution in [-0.4, -0.2) is 23.7 Å². The lowest BCUT2D eigenvalue weighted by Crippen LogP contribution is -1.98. The van der Waals surface area contributed by atoms with Crippen molar-refractivity contribution in [3.05, 3.63) is 22.2 Å². The van der Waals surface area contributed by atoms with Crippen molar-refractivity contribution in [3.63, 3.8) is 0 Å². The van der Waals surface area contributed by atoms with Crippen LogP contribution in [0.1, 0.15) is 12.2 Å². The number of hydrogen-bond donors (Lipinski definition) is 0. The first-order valence-corrected chi connectivity index (χ1v) is 4.66. The number of halogens is 2. The van der Waals surface area contributed by atoms with Crippen molar-refractivity contribution >= 4 is 23.2 Å². The van der Waals surface area contributed by atoms with Gasteiger partial charge in [0.15, 0.2) is 0 Å². The molecule has 1 rings (SSSR count). The molecule has 0 radical (unpaired) electrons. The van der Waals surface area contributed by atoms with Crippen LogP contribution >= 0.6 is 23.2 Å². The normalized spacial score (nSPS) is 10.4. The standard InChI is InChI=1S/C8H10Cl2N2O/c1-13-4-2-3-8-11-6(9)5-7(10)12-8/h5H,2-4H2,1H3. The molecule has 0 aliphatic heterocycles. The number of nitrogens with zero attached hydrogens (tertiary/aromatic N) is 2. The van der Waals surface area contributed by atoms with Crippen LogP contribution in [0.4, 0.5) is 0 Å². The predicted molar refractivity (Wildman–Crippen MR) is 52.2 cm³/mol. The summed E-state index contributed by atoms with van der Waals surface area (Å²) in [6.07, 6.45) is 1.60. The third-order valence-corrected chi connectivity index (χ3v) is 1.85. The molecule has 13 heavy (non-hydrogen) atoms. The lowest BCUT2D eigenvalue weighted by Gasteiger charge is -2.00. The fourth-order valence-corrected chi connectivity index (χ4v) is 1.38. The summed E-state index contributed by atoms with van der Waals surface area (Å²) in [5.74, 6) is 0.662. The largest absolute Gasteiger partial charge is 0.385 e. The molecule has 0 fully saturated rings. The van der Waals surface area contributed by atoms with Crippen LogP contribution in [0.25, 0.3) is 0 Å². The zero-order valence-corrected chi connectivity index (χ0v) is 8.77. The summed E-state index contributed by atoms with van der Waals surface area (Å²) in [5, 5.41) is 0.764. The van der Waals surface area contributed by atoms with Gasteiger partial charge in [-0.2, -0.15) is 0 Å². The maximum Gasteiger partial charge on any atom is 0.134 e. The van der Waals surface area contributed by atoms with E-state index in [4.69, 9.17) is 27.9 Å². The van der Waals surface area contributed by atoms with Crippen molar-refractivity contribution < 1.29 is 4.74 Å². The quantitative estimate of drug-likeness (QED) is 0.578. The topological polar surface area (TPSA) is 35.0 Å². The van der Waals surface area contributed by atoms with E-state index in [0.29, 0.717) is 22.7 Å². The smallest absolute Gasteiger partial charge is 0.134 e. The van der Waals surface area contributed by atoms with Gasteiger partial charge in [-0.25, -0.2) is 9.97 Å². The van der Waals surface area contributed by atoms with Gasteiger partial charge in [-0.3, -0.25) is 0 Å². The fraction of sp³-hybridized carbons (Fsp3) is 0.500. The van der Waals surface area contributed by atoms with Crippen LogP contribution < -0.4 is 0 Å². The van der Waals surface area contributed by atoms with Gasteiger partial charge in [0.1, 0.15) is 16.1 Å². The first kappa shape index (κ1) is 10.7. The molecular formula is C8H10Cl2N2O. The first-order valence-electron chi connectivity index (χ1n) is 3.90. The van der Waals surface area contributed by atoms with Crippen LogP contribution in [0.5, 0.6) is 0 Å². The molecule has 72 valence electrons. The molecule has 0 aromatic carbocycles. The maximum atomic E-state index is 5.70. The SMILES string of the molecule is COCCCc1nc(Cl)cc(Cl)n1. The van der Waals surface area contributed by atoms with Gasteiger partial charge < -0.3 is 4.74 Å². The van der Waals surface area contributed by atoms with E-state index in [1.807, 2.05) is 0 Å². The molecular weight excluding hydrogens is 211 g/mol. The molecule has 0 unspecified atom stereocenters. The van der Waals surface area contributed by atoms with Gasteiger partial charge in [-0.1, -0.05) is 23.2 Å². The van der Waals surface area contributed by atoms with E-state index in [0.717, 1.165) is 12.8 Å². The van der Waals surface area contributed by atoms with E-state index in [1.165, 1.54) is 6.07 Å². The number of hydrogen-bond acceptors (Lipinski definition) is 3. The van der Waals surface area contributed by atoms with Crippen LogP contribution in [0, 0.1) is 0 Å². The molecule has 0 N–H and O–H groups in total. The van der Waals surface area contributed by atoms with Gasteiger partial charge in [-0.15, -0.1) is 0 Å². The summed E-state index contributed by atoms with van der Waals surface area (Å²) in [4.78, 5) is 8.04. The number of aryl methyl sites for hydroxylation is 1. The molecule has 0 saturated heterocycles. The van der Waals surface area contributed by atoms with E-state index in [9.17, 15) is 0 Å². The third-order valence-electron chi connectivity index (χ3n) is 1.46. The van der Waals surface area contributed by atoms with Crippen LogP contribution in [0.3, 0.4) is 0 Å². The second kappa shape index (κ2) is 5.37. The van der Waals surface area contributed by atoms with E-state index >= 15 is 0 Å². The van der Waals surface area contributed by atoms with Crippen molar-refractivity contribution in [2.45, 2.75) is 12.8 Å². The Morgan fingerprint density at radius 3 is 2.46 bits per heavy atom. The van der Waals surface area contributed by atoms with Gasteiger partial charge in [0.05, 0.1) is 0 Å². The van der Waals surface area contributed by atoms with Crippen molar-refractivity contribution in [3.8, 4) is 0 Å². The molecule has 0 spiro atoms. The monoisotopic (exact) mass is 220 g/mol. The molecule has 0 aliphatic carbocycles. The Hall–Kier alpha value is -0.380. The number of ether oxygens (including phenoxy) is 1. The Balaban J connectivity index is 2.56. The second-order valence-corrected chi connectivity index (χ2v) is 3.30. The number of aromatic nitrogens is 2.